The van der Waals surface area contributed by atoms with Gasteiger partial charge in [-0.3, -0.25) is 9.98 Å². The molecule has 1 aromatic carbocycles. The molecule has 2 nitrogen and oxygen atoms in total. The number of aliphatic imine (C=N–C) groups is 2. The first kappa shape index (κ1) is 21.1. The van der Waals surface area contributed by atoms with Gasteiger partial charge in [-0.15, -0.1) is 0 Å². The first-order valence-electron chi connectivity index (χ1n) is 12.9. The van der Waals surface area contributed by atoms with E-state index in [0.29, 0.717) is 11.3 Å². The fourth-order valence-corrected chi connectivity index (χ4v) is 6.21. The van der Waals surface area contributed by atoms with Crippen LogP contribution in [0.2, 0.25) is 0 Å². The Balaban J connectivity index is 1.24. The lowest BCUT2D eigenvalue weighted by Crippen LogP contribution is -2.16. The molecule has 3 atom stereocenters. The summed E-state index contributed by atoms with van der Waals surface area (Å²) in [6.45, 7) is 9.26. The van der Waals surface area contributed by atoms with Gasteiger partial charge in [-0.25, -0.2) is 0 Å². The van der Waals surface area contributed by atoms with Crippen LogP contribution in [-0.4, -0.2) is 18.0 Å². The summed E-state index contributed by atoms with van der Waals surface area (Å²) >= 11 is 0. The molecule has 0 spiro atoms. The van der Waals surface area contributed by atoms with E-state index in [0.717, 1.165) is 18.3 Å². The van der Waals surface area contributed by atoms with Crippen molar-refractivity contribution in [2.45, 2.75) is 72.3 Å². The van der Waals surface area contributed by atoms with Gasteiger partial charge in [0.15, 0.2) is 0 Å². The molecule has 2 heterocycles. The normalized spacial score (nSPS) is 28.5. The van der Waals surface area contributed by atoms with Crippen LogP contribution in [0.1, 0.15) is 76.5 Å². The van der Waals surface area contributed by atoms with Gasteiger partial charge >= 0.3 is 0 Å². The Morgan fingerprint density at radius 3 is 2.67 bits per heavy atom. The minimum Gasteiger partial charge on any atom is -0.280 e. The summed E-state index contributed by atoms with van der Waals surface area (Å²) in [7, 11) is 0. The van der Waals surface area contributed by atoms with Crippen molar-refractivity contribution in [3.05, 3.63) is 70.5 Å². The number of hydrogen-bond acceptors (Lipinski definition) is 2. The quantitative estimate of drug-likeness (QED) is 0.453. The number of hydrogen-bond donors (Lipinski definition) is 0. The Labute approximate surface area is 199 Å². The van der Waals surface area contributed by atoms with Gasteiger partial charge in [-0.1, -0.05) is 76.5 Å². The molecule has 1 aromatic rings. The maximum absolute atomic E-state index is 4.94. The van der Waals surface area contributed by atoms with Gasteiger partial charge in [-0.05, 0) is 76.0 Å². The van der Waals surface area contributed by atoms with E-state index in [9.17, 15) is 0 Å². The third-order valence-corrected chi connectivity index (χ3v) is 8.49. The second-order valence-corrected chi connectivity index (χ2v) is 12.0. The number of allylic oxidation sites excluding steroid dienone is 4. The van der Waals surface area contributed by atoms with Gasteiger partial charge < -0.3 is 0 Å². The first-order valence-corrected chi connectivity index (χ1v) is 12.9. The lowest BCUT2D eigenvalue weighted by Gasteiger charge is -2.27. The van der Waals surface area contributed by atoms with Gasteiger partial charge in [0.25, 0.3) is 0 Å². The van der Waals surface area contributed by atoms with Crippen LogP contribution in [-0.2, 0) is 6.42 Å². The van der Waals surface area contributed by atoms with Crippen molar-refractivity contribution in [2.24, 2.45) is 33.2 Å². The highest BCUT2D eigenvalue weighted by molar-refractivity contribution is 6.01. The topological polar surface area (TPSA) is 24.7 Å². The summed E-state index contributed by atoms with van der Waals surface area (Å²) in [5, 5.41) is 0. The molecule has 0 N–H and O–H groups in total. The Hall–Kier alpha value is -2.48. The second kappa shape index (κ2) is 7.79. The predicted molar refractivity (Wildman–Crippen MR) is 141 cm³/mol. The molecule has 0 amide bonds. The average molecular weight is 437 g/mol. The van der Waals surface area contributed by atoms with Crippen molar-refractivity contribution in [3.63, 3.8) is 0 Å². The highest BCUT2D eigenvalue weighted by Gasteiger charge is 2.48. The van der Waals surface area contributed by atoms with Crippen molar-refractivity contribution >= 4 is 23.1 Å². The molecule has 170 valence electrons. The molecule has 5 aliphatic rings. The summed E-state index contributed by atoms with van der Waals surface area (Å²) in [4.78, 5) is 9.80. The van der Waals surface area contributed by atoms with Crippen LogP contribution in [0, 0.1) is 23.2 Å². The molecule has 2 fully saturated rings. The van der Waals surface area contributed by atoms with Gasteiger partial charge in [0.2, 0.25) is 0 Å². The maximum Gasteiger partial charge on any atom is 0.100 e. The third-order valence-electron chi connectivity index (χ3n) is 8.49. The Morgan fingerprint density at radius 1 is 1.09 bits per heavy atom. The molecule has 2 unspecified atom stereocenters. The lowest BCUT2D eigenvalue weighted by atomic mass is 9.78. The van der Waals surface area contributed by atoms with E-state index >= 15 is 0 Å². The minimum absolute atomic E-state index is 0.168. The smallest absolute Gasteiger partial charge is 0.100 e. The van der Waals surface area contributed by atoms with Crippen molar-refractivity contribution in [1.82, 2.24) is 0 Å². The first-order chi connectivity index (χ1) is 15.9. The fraction of sp³-hybridized carbons (Fsp3) is 0.484. The summed E-state index contributed by atoms with van der Waals surface area (Å²) in [6, 6.07) is 7.36. The Bertz CT molecular complexity index is 1170. The predicted octanol–water partition coefficient (Wildman–Crippen LogP) is 7.62. The zero-order valence-corrected chi connectivity index (χ0v) is 20.6. The fourth-order valence-electron chi connectivity index (χ4n) is 6.21. The molecular formula is C31H36N2. The van der Waals surface area contributed by atoms with Crippen molar-refractivity contribution < 1.29 is 0 Å². The second-order valence-electron chi connectivity index (χ2n) is 12.0. The van der Waals surface area contributed by atoms with Crippen LogP contribution >= 0.6 is 0 Å². The van der Waals surface area contributed by atoms with Crippen LogP contribution in [0.15, 0.2) is 63.8 Å². The largest absolute Gasteiger partial charge is 0.280 e. The van der Waals surface area contributed by atoms with E-state index in [2.05, 4.69) is 70.3 Å². The Morgan fingerprint density at radius 2 is 1.94 bits per heavy atom. The van der Waals surface area contributed by atoms with Crippen molar-refractivity contribution in [3.8, 4) is 0 Å². The van der Waals surface area contributed by atoms with Crippen LogP contribution in [0.5, 0.6) is 0 Å². The van der Waals surface area contributed by atoms with Gasteiger partial charge in [0.1, 0.15) is 6.04 Å². The number of benzene rings is 1. The minimum atomic E-state index is 0.168. The van der Waals surface area contributed by atoms with E-state index in [1.165, 1.54) is 76.8 Å². The molecular weight excluding hydrogens is 400 g/mol. The molecule has 2 aliphatic heterocycles. The van der Waals surface area contributed by atoms with Crippen LogP contribution in [0.3, 0.4) is 0 Å². The highest BCUT2D eigenvalue weighted by Crippen LogP contribution is 2.53. The summed E-state index contributed by atoms with van der Waals surface area (Å²) in [5.41, 5.74) is 11.4. The lowest BCUT2D eigenvalue weighted by molar-refractivity contribution is 0.314. The number of rotatable bonds is 5. The number of dihydropyridines is 1. The number of nitrogens with zero attached hydrogens (tertiary/aromatic N) is 2. The molecule has 6 rings (SSSR count). The van der Waals surface area contributed by atoms with Crippen LogP contribution < -0.4 is 0 Å². The van der Waals surface area contributed by atoms with Crippen LogP contribution in [0.4, 0.5) is 0 Å². The molecule has 2 heteroatoms. The van der Waals surface area contributed by atoms with Crippen LogP contribution in [0.25, 0.3) is 11.1 Å². The molecule has 0 radical (unpaired) electrons. The third kappa shape index (κ3) is 3.92. The molecule has 0 aromatic heterocycles. The summed E-state index contributed by atoms with van der Waals surface area (Å²) in [6.07, 6.45) is 18.7. The molecule has 0 saturated heterocycles. The summed E-state index contributed by atoms with van der Waals surface area (Å²) in [5.74, 6) is 2.34. The van der Waals surface area contributed by atoms with Crippen molar-refractivity contribution in [2.75, 3.05) is 0 Å². The molecule has 33 heavy (non-hydrogen) atoms. The monoisotopic (exact) mass is 436 g/mol. The van der Waals surface area contributed by atoms with Gasteiger partial charge in [0, 0.05) is 30.5 Å². The average Bonchev–Trinajstić information content (AvgIpc) is 3.24. The van der Waals surface area contributed by atoms with E-state index in [1.54, 1.807) is 0 Å². The maximum atomic E-state index is 4.94. The highest BCUT2D eigenvalue weighted by atomic mass is 14.8. The molecule has 0 bridgehead atoms. The van der Waals surface area contributed by atoms with E-state index in [4.69, 9.17) is 9.98 Å². The van der Waals surface area contributed by atoms with E-state index in [1.807, 2.05) is 6.21 Å². The Kier molecular flexibility index (Phi) is 4.98. The standard InChI is InChI=1S/C31H36N2/c1-19-12-22-9-11-26(30(22)33-17-19)21-8-10-25(23(14-21)13-20-6-5-7-20)24-15-29(32-18-24)27-16-28(27)31(2,3)4/h8-12,14,17-18,20,27-28,30H,5-7,13,15-16H2,1-4H3/t27?,28-,30?/m1/s1. The van der Waals surface area contributed by atoms with E-state index < -0.39 is 0 Å². The zero-order valence-electron chi connectivity index (χ0n) is 20.6. The number of fused-ring (bicyclic) bond motifs is 1. The molecule has 2 saturated carbocycles. The van der Waals surface area contributed by atoms with E-state index in [-0.39, 0.29) is 6.04 Å². The SMILES string of the molecule is CC1=CC2=CC=C(c3ccc(C4=CN=C(C5C[C@H]5C(C)(C)C)C4)c(CC4CCC4)c3)C2N=C1. The van der Waals surface area contributed by atoms with Gasteiger partial charge in [-0.2, -0.15) is 0 Å². The van der Waals surface area contributed by atoms with Crippen molar-refractivity contribution in [1.29, 1.82) is 0 Å². The summed E-state index contributed by atoms with van der Waals surface area (Å²) < 4.78 is 0. The van der Waals surface area contributed by atoms with Gasteiger partial charge in [0.05, 0.1) is 0 Å². The molecule has 3 aliphatic carbocycles. The zero-order chi connectivity index (χ0) is 22.7.